The molecule has 8 heteroatoms. The number of nitrogens with zero attached hydrogens (tertiary/aromatic N) is 2. The lowest BCUT2D eigenvalue weighted by atomic mass is 10.1. The number of nitrogens with one attached hydrogen (secondary N) is 1. The van der Waals surface area contributed by atoms with E-state index < -0.39 is 11.2 Å². The minimum absolute atomic E-state index is 0.175. The van der Waals surface area contributed by atoms with Gasteiger partial charge in [-0.2, -0.15) is 0 Å². The lowest BCUT2D eigenvalue weighted by Gasteiger charge is -2.14. The molecule has 1 aromatic heterocycles. The summed E-state index contributed by atoms with van der Waals surface area (Å²) in [6, 6.07) is 12.9. The van der Waals surface area contributed by atoms with Crippen LogP contribution in [0.5, 0.6) is 11.7 Å². The lowest BCUT2D eigenvalue weighted by Crippen LogP contribution is -2.36. The van der Waals surface area contributed by atoms with Gasteiger partial charge in [0.05, 0.1) is 17.6 Å². The van der Waals surface area contributed by atoms with Crippen molar-refractivity contribution in [1.29, 1.82) is 0 Å². The molecular formula is C21H23N3O4S. The van der Waals surface area contributed by atoms with Crippen molar-refractivity contribution in [1.82, 2.24) is 5.27 Å². The number of thioether (sulfide) groups is 1. The Labute approximate surface area is 173 Å². The summed E-state index contributed by atoms with van der Waals surface area (Å²) >= 11 is 1.14. The third-order valence-corrected chi connectivity index (χ3v) is 5.84. The van der Waals surface area contributed by atoms with Gasteiger partial charge in [-0.25, -0.2) is 0 Å². The molecule has 0 fully saturated rings. The van der Waals surface area contributed by atoms with Crippen LogP contribution in [0.4, 0.5) is 5.69 Å². The molecule has 3 rings (SSSR count). The van der Waals surface area contributed by atoms with Crippen molar-refractivity contribution >= 4 is 23.4 Å². The Morgan fingerprint density at radius 1 is 1.28 bits per heavy atom. The molecule has 0 saturated carbocycles. The van der Waals surface area contributed by atoms with Crippen molar-refractivity contribution in [3.05, 3.63) is 53.6 Å². The van der Waals surface area contributed by atoms with E-state index in [9.17, 15) is 9.90 Å². The van der Waals surface area contributed by atoms with E-state index in [1.165, 1.54) is 4.68 Å². The van der Waals surface area contributed by atoms with Crippen LogP contribution < -0.4 is 19.8 Å². The predicted molar refractivity (Wildman–Crippen MR) is 109 cm³/mol. The van der Waals surface area contributed by atoms with Gasteiger partial charge in [-0.15, -0.1) is 0 Å². The van der Waals surface area contributed by atoms with E-state index in [4.69, 9.17) is 9.26 Å². The van der Waals surface area contributed by atoms with Gasteiger partial charge >= 0.3 is 0 Å². The number of hydrogen-bond donors (Lipinski definition) is 1. The van der Waals surface area contributed by atoms with Crippen LogP contribution >= 0.6 is 11.8 Å². The van der Waals surface area contributed by atoms with E-state index >= 15 is 0 Å². The summed E-state index contributed by atoms with van der Waals surface area (Å²) < 4.78 is 11.4. The normalized spacial score (nSPS) is 11.9. The Kier molecular flexibility index (Phi) is 6.43. The van der Waals surface area contributed by atoms with Gasteiger partial charge in [0, 0.05) is 17.8 Å². The standard InChI is InChI=1S/C21H23N3O4S/c1-5-18(19(25)22-17-11-6-13(2)12-14(17)3)29-20-21(26)28-23-24(20)15-7-9-16(27-4)10-8-15/h6-12,18H,5H2,1-4H3,(H-,22,23,25,26). The fraction of sp³-hybridized carbons (Fsp3) is 0.286. The first kappa shape index (κ1) is 20.7. The zero-order valence-electron chi connectivity index (χ0n) is 16.8. The maximum Gasteiger partial charge on any atom is 0.298 e. The average Bonchev–Trinajstić information content (AvgIpc) is 3.08. The third-order valence-electron chi connectivity index (χ3n) is 4.45. The minimum Gasteiger partial charge on any atom is -0.538 e. The summed E-state index contributed by atoms with van der Waals surface area (Å²) in [4.78, 5) is 12.8. The van der Waals surface area contributed by atoms with Gasteiger partial charge < -0.3 is 19.7 Å². The van der Waals surface area contributed by atoms with E-state index in [1.54, 1.807) is 31.4 Å². The highest BCUT2D eigenvalue weighted by Gasteiger charge is 2.28. The van der Waals surface area contributed by atoms with Crippen LogP contribution in [0.2, 0.25) is 0 Å². The molecule has 1 heterocycles. The number of anilines is 1. The second-order valence-corrected chi connectivity index (χ2v) is 7.79. The molecule has 2 aromatic carbocycles. The molecule has 0 bridgehead atoms. The van der Waals surface area contributed by atoms with Crippen LogP contribution in [0.15, 0.2) is 52.0 Å². The van der Waals surface area contributed by atoms with Gasteiger partial charge in [-0.3, -0.25) is 4.79 Å². The lowest BCUT2D eigenvalue weighted by molar-refractivity contribution is -0.705. The van der Waals surface area contributed by atoms with Crippen LogP contribution in [0, 0.1) is 13.8 Å². The van der Waals surface area contributed by atoms with E-state index in [2.05, 4.69) is 10.6 Å². The quantitative estimate of drug-likeness (QED) is 0.473. The van der Waals surface area contributed by atoms with Gasteiger partial charge in [0.15, 0.2) is 5.95 Å². The van der Waals surface area contributed by atoms with Crippen LogP contribution in [0.1, 0.15) is 24.5 Å². The van der Waals surface area contributed by atoms with Crippen LogP contribution in [0.3, 0.4) is 0 Å². The molecule has 3 aromatic rings. The molecular weight excluding hydrogens is 390 g/mol. The van der Waals surface area contributed by atoms with Crippen LogP contribution in [-0.2, 0) is 4.79 Å². The summed E-state index contributed by atoms with van der Waals surface area (Å²) in [7, 11) is 1.58. The van der Waals surface area contributed by atoms with Gasteiger partial charge in [-0.1, -0.05) is 24.6 Å². The summed E-state index contributed by atoms with van der Waals surface area (Å²) in [5.74, 6) is -0.0661. The molecule has 152 valence electrons. The Hall–Kier alpha value is -3.00. The highest BCUT2D eigenvalue weighted by atomic mass is 32.2. The van der Waals surface area contributed by atoms with E-state index in [-0.39, 0.29) is 10.9 Å². The Morgan fingerprint density at radius 3 is 2.62 bits per heavy atom. The van der Waals surface area contributed by atoms with Crippen molar-refractivity contribution < 1.29 is 23.8 Å². The van der Waals surface area contributed by atoms with E-state index in [0.717, 1.165) is 28.6 Å². The number of carbonyl (C=O) groups is 1. The van der Waals surface area contributed by atoms with Gasteiger partial charge in [0.25, 0.3) is 5.03 Å². The van der Waals surface area contributed by atoms with E-state index in [1.807, 2.05) is 39.0 Å². The smallest absolute Gasteiger partial charge is 0.298 e. The third kappa shape index (κ3) is 4.71. The predicted octanol–water partition coefficient (Wildman–Crippen LogP) is 3.16. The highest BCUT2D eigenvalue weighted by Crippen LogP contribution is 2.30. The molecule has 1 N–H and O–H groups in total. The van der Waals surface area contributed by atoms with Gasteiger partial charge in [0.1, 0.15) is 5.75 Å². The molecule has 29 heavy (non-hydrogen) atoms. The van der Waals surface area contributed by atoms with Gasteiger partial charge in [-0.05, 0) is 60.5 Å². The van der Waals surface area contributed by atoms with Crippen molar-refractivity contribution in [3.8, 4) is 17.4 Å². The number of hydrogen-bond acceptors (Lipinski definition) is 6. The maximum atomic E-state index is 12.8. The number of carbonyl (C=O) groups excluding carboxylic acids is 1. The van der Waals surface area contributed by atoms with Crippen LogP contribution in [0.25, 0.3) is 5.69 Å². The number of amides is 1. The minimum atomic E-state index is -0.580. The van der Waals surface area contributed by atoms with Gasteiger partial charge in [0.2, 0.25) is 11.6 Å². The second-order valence-electron chi connectivity index (χ2n) is 6.60. The number of aromatic nitrogens is 2. The molecule has 1 atom stereocenters. The maximum absolute atomic E-state index is 12.8. The zero-order chi connectivity index (χ0) is 21.0. The summed E-state index contributed by atoms with van der Waals surface area (Å²) in [6.45, 7) is 5.85. The molecule has 0 aliphatic rings. The Bertz CT molecular complexity index is 1000. The number of methoxy groups -OCH3 is 1. The fourth-order valence-electron chi connectivity index (χ4n) is 2.85. The Morgan fingerprint density at radius 2 is 2.00 bits per heavy atom. The summed E-state index contributed by atoms with van der Waals surface area (Å²) in [6.07, 6.45) is 0.536. The molecule has 1 unspecified atom stereocenters. The molecule has 1 amide bonds. The van der Waals surface area contributed by atoms with Crippen molar-refractivity contribution in [3.63, 3.8) is 0 Å². The average molecular weight is 413 g/mol. The first-order valence-corrected chi connectivity index (χ1v) is 10.1. The van der Waals surface area contributed by atoms with Crippen LogP contribution in [-0.4, -0.2) is 23.5 Å². The molecule has 0 spiro atoms. The fourth-order valence-corrected chi connectivity index (χ4v) is 3.82. The number of benzene rings is 2. The largest absolute Gasteiger partial charge is 0.538 e. The number of rotatable bonds is 7. The molecule has 0 aliphatic carbocycles. The van der Waals surface area contributed by atoms with E-state index in [0.29, 0.717) is 17.9 Å². The molecule has 0 saturated heterocycles. The summed E-state index contributed by atoms with van der Waals surface area (Å²) in [5.41, 5.74) is 3.52. The van der Waals surface area contributed by atoms with Crippen molar-refractivity contribution in [2.24, 2.45) is 0 Å². The monoisotopic (exact) mass is 413 g/mol. The molecule has 7 nitrogen and oxygen atoms in total. The first-order valence-electron chi connectivity index (χ1n) is 9.21. The number of ether oxygens (including phenoxy) is 1. The first-order chi connectivity index (χ1) is 13.9. The highest BCUT2D eigenvalue weighted by molar-refractivity contribution is 8.00. The van der Waals surface area contributed by atoms with Crippen molar-refractivity contribution in [2.45, 2.75) is 37.5 Å². The topological polar surface area (TPSA) is 91.3 Å². The Balaban J connectivity index is 1.81. The second kappa shape index (κ2) is 9.00. The molecule has 0 aliphatic heterocycles. The summed E-state index contributed by atoms with van der Waals surface area (Å²) in [5, 5.41) is 18.8. The number of aryl methyl sites for hydroxylation is 2. The van der Waals surface area contributed by atoms with Crippen molar-refractivity contribution in [2.75, 3.05) is 12.4 Å². The SMILES string of the molecule is CCC(Sc1c([O-])on[n+]1-c1ccc(OC)cc1)C(=O)Nc1ccc(C)cc1C. The molecule has 0 radical (unpaired) electrons. The zero-order valence-corrected chi connectivity index (χ0v) is 17.6.